The lowest BCUT2D eigenvalue weighted by Crippen LogP contribution is -1.84. The zero-order chi connectivity index (χ0) is 10.2. The molecule has 0 spiro atoms. The molecule has 76 valence electrons. The van der Waals surface area contributed by atoms with Gasteiger partial charge in [0.05, 0.1) is 0 Å². The maximum absolute atomic E-state index is 8.05. The molecule has 0 atom stereocenters. The summed E-state index contributed by atoms with van der Waals surface area (Å²) in [4.78, 5) is 2.70. The third kappa shape index (κ3) is 4.01. The van der Waals surface area contributed by atoms with Crippen molar-refractivity contribution < 1.29 is 4.42 Å². The highest BCUT2D eigenvalue weighted by molar-refractivity contribution is 5.05. The molecule has 0 bridgehead atoms. The van der Waals surface area contributed by atoms with E-state index in [0.717, 1.165) is 37.2 Å². The van der Waals surface area contributed by atoms with E-state index < -0.39 is 0 Å². The van der Waals surface area contributed by atoms with Crippen LogP contribution < -0.4 is 0 Å². The number of unbranched alkanes of at least 4 members (excludes halogenated alkanes) is 2. The summed E-state index contributed by atoms with van der Waals surface area (Å²) >= 11 is 0. The second kappa shape index (κ2) is 6.11. The lowest BCUT2D eigenvalue weighted by Gasteiger charge is -1.96. The van der Waals surface area contributed by atoms with Gasteiger partial charge in [-0.05, 0) is 37.4 Å². The highest BCUT2D eigenvalue weighted by atomic mass is 16.3. The van der Waals surface area contributed by atoms with Crippen LogP contribution in [0.4, 0.5) is 0 Å². The highest BCUT2D eigenvalue weighted by Gasteiger charge is 1.97. The van der Waals surface area contributed by atoms with Crippen LogP contribution in [0.25, 0.3) is 10.4 Å². The smallest absolute Gasteiger partial charge is 0.104 e. The van der Waals surface area contributed by atoms with Crippen LogP contribution in [0.2, 0.25) is 0 Å². The molecule has 0 saturated carbocycles. The highest BCUT2D eigenvalue weighted by Crippen LogP contribution is 2.10. The standard InChI is InChI=1S/C10H15N3O/c1-9-6-7-10(14-9)5-3-2-4-8-12-13-11/h6-7H,2-5,8H2,1H3. The van der Waals surface area contributed by atoms with Gasteiger partial charge in [0.1, 0.15) is 11.5 Å². The van der Waals surface area contributed by atoms with Gasteiger partial charge < -0.3 is 4.42 Å². The number of aryl methyl sites for hydroxylation is 2. The van der Waals surface area contributed by atoms with Crippen LogP contribution in [0.5, 0.6) is 0 Å². The first kappa shape index (κ1) is 10.7. The molecule has 0 N–H and O–H groups in total. The molecule has 0 aliphatic rings. The Morgan fingerprint density at radius 2 is 2.21 bits per heavy atom. The second-order valence-electron chi connectivity index (χ2n) is 3.28. The van der Waals surface area contributed by atoms with Gasteiger partial charge in [0.25, 0.3) is 0 Å². The average Bonchev–Trinajstić information content (AvgIpc) is 2.58. The molecule has 1 rings (SSSR count). The summed E-state index contributed by atoms with van der Waals surface area (Å²) in [5, 5.41) is 3.48. The van der Waals surface area contributed by atoms with Crippen molar-refractivity contribution in [1.82, 2.24) is 0 Å². The molecule has 4 heteroatoms. The predicted octanol–water partition coefficient (Wildman–Crippen LogP) is 3.61. The molecule has 4 nitrogen and oxygen atoms in total. The molecule has 0 aliphatic heterocycles. The summed E-state index contributed by atoms with van der Waals surface area (Å²) in [6, 6.07) is 4.00. The van der Waals surface area contributed by atoms with Gasteiger partial charge in [-0.1, -0.05) is 11.5 Å². The lowest BCUT2D eigenvalue weighted by atomic mass is 10.1. The fourth-order valence-corrected chi connectivity index (χ4v) is 1.32. The quantitative estimate of drug-likeness (QED) is 0.294. The van der Waals surface area contributed by atoms with E-state index in [-0.39, 0.29) is 0 Å². The first-order valence-corrected chi connectivity index (χ1v) is 4.89. The molecule has 1 aromatic rings. The normalized spacial score (nSPS) is 9.79. The van der Waals surface area contributed by atoms with Crippen molar-refractivity contribution in [1.29, 1.82) is 0 Å². The van der Waals surface area contributed by atoms with Crippen LogP contribution in [-0.4, -0.2) is 6.54 Å². The Hall–Kier alpha value is -1.41. The fourth-order valence-electron chi connectivity index (χ4n) is 1.32. The van der Waals surface area contributed by atoms with Crippen molar-refractivity contribution in [2.24, 2.45) is 5.11 Å². The molecule has 0 radical (unpaired) electrons. The van der Waals surface area contributed by atoms with Crippen molar-refractivity contribution in [3.8, 4) is 0 Å². The molecule has 14 heavy (non-hydrogen) atoms. The van der Waals surface area contributed by atoms with Gasteiger partial charge in [0.15, 0.2) is 0 Å². The first-order valence-electron chi connectivity index (χ1n) is 4.89. The van der Waals surface area contributed by atoms with E-state index in [1.807, 2.05) is 19.1 Å². The maximum Gasteiger partial charge on any atom is 0.104 e. The summed E-state index contributed by atoms with van der Waals surface area (Å²) in [5.74, 6) is 2.01. The van der Waals surface area contributed by atoms with Crippen molar-refractivity contribution in [3.63, 3.8) is 0 Å². The zero-order valence-corrected chi connectivity index (χ0v) is 8.44. The van der Waals surface area contributed by atoms with Crippen molar-refractivity contribution in [2.75, 3.05) is 6.54 Å². The second-order valence-corrected chi connectivity index (χ2v) is 3.28. The summed E-state index contributed by atoms with van der Waals surface area (Å²) in [6.45, 7) is 2.55. The predicted molar refractivity (Wildman–Crippen MR) is 55.0 cm³/mol. The largest absolute Gasteiger partial charge is 0.466 e. The third-order valence-electron chi connectivity index (χ3n) is 2.04. The van der Waals surface area contributed by atoms with Gasteiger partial charge in [0, 0.05) is 17.9 Å². The molecule has 1 aromatic heterocycles. The molecular formula is C10H15N3O. The van der Waals surface area contributed by atoms with Crippen LogP contribution in [0.1, 0.15) is 30.8 Å². The van der Waals surface area contributed by atoms with E-state index in [0.29, 0.717) is 6.54 Å². The van der Waals surface area contributed by atoms with Gasteiger partial charge in [0.2, 0.25) is 0 Å². The Morgan fingerprint density at radius 1 is 1.36 bits per heavy atom. The topological polar surface area (TPSA) is 61.9 Å². The Kier molecular flexibility index (Phi) is 4.65. The Morgan fingerprint density at radius 3 is 2.86 bits per heavy atom. The molecular weight excluding hydrogens is 178 g/mol. The van der Waals surface area contributed by atoms with Crippen molar-refractivity contribution in [2.45, 2.75) is 32.6 Å². The maximum atomic E-state index is 8.05. The van der Waals surface area contributed by atoms with Gasteiger partial charge in [-0.25, -0.2) is 0 Å². The van der Waals surface area contributed by atoms with E-state index in [2.05, 4.69) is 10.0 Å². The van der Waals surface area contributed by atoms with Crippen LogP contribution >= 0.6 is 0 Å². The number of hydrogen-bond acceptors (Lipinski definition) is 2. The minimum atomic E-state index is 0.605. The van der Waals surface area contributed by atoms with Gasteiger partial charge in [-0.3, -0.25) is 0 Å². The third-order valence-corrected chi connectivity index (χ3v) is 2.04. The zero-order valence-electron chi connectivity index (χ0n) is 8.44. The lowest BCUT2D eigenvalue weighted by molar-refractivity contribution is 0.472. The minimum Gasteiger partial charge on any atom is -0.466 e. The van der Waals surface area contributed by atoms with E-state index in [1.54, 1.807) is 0 Å². The Balaban J connectivity index is 2.07. The van der Waals surface area contributed by atoms with E-state index in [9.17, 15) is 0 Å². The Labute approximate surface area is 83.5 Å². The van der Waals surface area contributed by atoms with Crippen LogP contribution in [0, 0.1) is 6.92 Å². The Bertz CT molecular complexity index is 313. The number of azide groups is 1. The number of rotatable bonds is 6. The molecule has 0 aliphatic carbocycles. The summed E-state index contributed by atoms with van der Waals surface area (Å²) in [6.07, 6.45) is 4.11. The number of nitrogens with zero attached hydrogens (tertiary/aromatic N) is 3. The monoisotopic (exact) mass is 193 g/mol. The molecule has 0 unspecified atom stereocenters. The van der Waals surface area contributed by atoms with E-state index >= 15 is 0 Å². The average molecular weight is 193 g/mol. The fraction of sp³-hybridized carbons (Fsp3) is 0.600. The first-order chi connectivity index (χ1) is 6.83. The molecule has 0 amide bonds. The number of furan rings is 1. The minimum absolute atomic E-state index is 0.605. The SMILES string of the molecule is Cc1ccc(CCCCCN=[N+]=[N-])o1. The summed E-state index contributed by atoms with van der Waals surface area (Å²) < 4.78 is 5.43. The molecule has 0 fully saturated rings. The van der Waals surface area contributed by atoms with Crippen LogP contribution in [-0.2, 0) is 6.42 Å². The number of hydrogen-bond donors (Lipinski definition) is 0. The molecule has 1 heterocycles. The van der Waals surface area contributed by atoms with Gasteiger partial charge >= 0.3 is 0 Å². The van der Waals surface area contributed by atoms with E-state index in [1.165, 1.54) is 0 Å². The summed E-state index contributed by atoms with van der Waals surface area (Å²) in [5.41, 5.74) is 8.05. The summed E-state index contributed by atoms with van der Waals surface area (Å²) in [7, 11) is 0. The molecule has 0 aromatic carbocycles. The van der Waals surface area contributed by atoms with Crippen molar-refractivity contribution in [3.05, 3.63) is 34.1 Å². The van der Waals surface area contributed by atoms with Gasteiger partial charge in [-0.2, -0.15) is 0 Å². The molecule has 0 saturated heterocycles. The van der Waals surface area contributed by atoms with Crippen LogP contribution in [0.3, 0.4) is 0 Å². The van der Waals surface area contributed by atoms with Crippen molar-refractivity contribution >= 4 is 0 Å². The van der Waals surface area contributed by atoms with Crippen LogP contribution in [0.15, 0.2) is 21.7 Å². The van der Waals surface area contributed by atoms with E-state index in [4.69, 9.17) is 9.95 Å². The van der Waals surface area contributed by atoms with Gasteiger partial charge in [-0.15, -0.1) is 0 Å².